The summed E-state index contributed by atoms with van der Waals surface area (Å²) in [5, 5.41) is 12.3. The Morgan fingerprint density at radius 2 is 1.80 bits per heavy atom. The van der Waals surface area contributed by atoms with Gasteiger partial charge in [0.1, 0.15) is 5.60 Å². The molecule has 30 heavy (non-hydrogen) atoms. The molecule has 0 spiro atoms. The highest BCUT2D eigenvalue weighted by atomic mass is 16.5. The van der Waals surface area contributed by atoms with Gasteiger partial charge >= 0.3 is 0 Å². The van der Waals surface area contributed by atoms with E-state index < -0.39 is 5.60 Å². The third-order valence-corrected chi connectivity index (χ3v) is 7.11. The van der Waals surface area contributed by atoms with Crippen molar-refractivity contribution in [3.05, 3.63) is 65.0 Å². The Labute approximate surface area is 181 Å². The summed E-state index contributed by atoms with van der Waals surface area (Å²) >= 11 is 0. The number of aromatic nitrogens is 1. The van der Waals surface area contributed by atoms with Crippen LogP contribution in [0.1, 0.15) is 74.6 Å². The van der Waals surface area contributed by atoms with E-state index in [1.54, 1.807) is 0 Å². The first-order chi connectivity index (χ1) is 14.3. The van der Waals surface area contributed by atoms with Gasteiger partial charge in [0, 0.05) is 36.5 Å². The molecule has 4 nitrogen and oxygen atoms in total. The van der Waals surface area contributed by atoms with Crippen molar-refractivity contribution in [2.24, 2.45) is 5.41 Å². The fourth-order valence-electron chi connectivity index (χ4n) is 5.38. The molecular formula is C26H36N2O2. The maximum atomic E-state index is 12.3. The predicted molar refractivity (Wildman–Crippen MR) is 120 cm³/mol. The summed E-state index contributed by atoms with van der Waals surface area (Å²) < 4.78 is 6.12. The van der Waals surface area contributed by atoms with Gasteiger partial charge in [0.2, 0.25) is 0 Å². The van der Waals surface area contributed by atoms with Crippen LogP contribution < -0.4 is 0 Å². The van der Waals surface area contributed by atoms with Gasteiger partial charge in [-0.2, -0.15) is 0 Å². The second-order valence-electron chi connectivity index (χ2n) is 10.0. The topological polar surface area (TPSA) is 45.6 Å². The van der Waals surface area contributed by atoms with Crippen LogP contribution >= 0.6 is 0 Å². The number of hydrogen-bond acceptors (Lipinski definition) is 4. The maximum absolute atomic E-state index is 12.3. The minimum Gasteiger partial charge on any atom is -0.380 e. The number of nitrogens with zero attached hydrogens (tertiary/aromatic N) is 2. The molecule has 1 saturated carbocycles. The van der Waals surface area contributed by atoms with Crippen LogP contribution in [0.3, 0.4) is 0 Å². The highest BCUT2D eigenvalue weighted by Crippen LogP contribution is 2.50. The molecule has 1 aliphatic carbocycles. The van der Waals surface area contributed by atoms with Crippen molar-refractivity contribution in [3.63, 3.8) is 0 Å². The van der Waals surface area contributed by atoms with Gasteiger partial charge in [-0.1, -0.05) is 57.9 Å². The lowest BCUT2D eigenvalue weighted by Crippen LogP contribution is -2.63. The van der Waals surface area contributed by atoms with E-state index in [0.717, 1.165) is 42.6 Å². The van der Waals surface area contributed by atoms with Gasteiger partial charge in [-0.05, 0) is 48.6 Å². The standard InChI is InChI=1S/C26H36N2O2/c1-19(2)21-9-11-22(12-10-21)26(29,25(3)17-28(4)18-25)23-13-20(14-27-15-23)16-30-24-7-5-6-8-24/h9-15,19,24,29H,5-8,16-18H2,1-4H3. The Morgan fingerprint density at radius 1 is 1.13 bits per heavy atom. The van der Waals surface area contributed by atoms with Crippen LogP contribution in [0.15, 0.2) is 42.7 Å². The molecule has 0 amide bonds. The Bertz CT molecular complexity index is 852. The first-order valence-corrected chi connectivity index (χ1v) is 11.4. The molecule has 1 unspecified atom stereocenters. The third kappa shape index (κ3) is 3.93. The Kier molecular flexibility index (Phi) is 6.02. The number of ether oxygens (including phenoxy) is 1. The van der Waals surface area contributed by atoms with E-state index in [0.29, 0.717) is 18.6 Å². The van der Waals surface area contributed by atoms with Gasteiger partial charge in [-0.25, -0.2) is 0 Å². The molecule has 1 aromatic carbocycles. The molecule has 1 aromatic heterocycles. The van der Waals surface area contributed by atoms with Crippen molar-refractivity contribution in [1.82, 2.24) is 9.88 Å². The lowest BCUT2D eigenvalue weighted by atomic mass is 9.62. The van der Waals surface area contributed by atoms with Gasteiger partial charge in [-0.3, -0.25) is 4.98 Å². The average molecular weight is 409 g/mol. The van der Waals surface area contributed by atoms with Crippen molar-refractivity contribution in [1.29, 1.82) is 0 Å². The summed E-state index contributed by atoms with van der Waals surface area (Å²) in [4.78, 5) is 6.76. The third-order valence-electron chi connectivity index (χ3n) is 7.11. The largest absolute Gasteiger partial charge is 0.380 e. The normalized spacial score (nSPS) is 21.5. The lowest BCUT2D eigenvalue weighted by Gasteiger charge is -2.56. The number of hydrogen-bond donors (Lipinski definition) is 1. The van der Waals surface area contributed by atoms with E-state index in [2.05, 4.69) is 68.0 Å². The van der Waals surface area contributed by atoms with Crippen molar-refractivity contribution >= 4 is 0 Å². The van der Waals surface area contributed by atoms with E-state index in [-0.39, 0.29) is 5.41 Å². The van der Waals surface area contributed by atoms with Crippen LogP contribution in [0.5, 0.6) is 0 Å². The average Bonchev–Trinajstić information content (AvgIpc) is 3.24. The molecule has 2 aromatic rings. The van der Waals surface area contributed by atoms with Gasteiger partial charge in [-0.15, -0.1) is 0 Å². The van der Waals surface area contributed by atoms with Crippen LogP contribution in [0, 0.1) is 5.41 Å². The van der Waals surface area contributed by atoms with Crippen molar-refractivity contribution in [2.75, 3.05) is 20.1 Å². The molecule has 0 radical (unpaired) electrons. The SMILES string of the molecule is CC(C)c1ccc(C(O)(c2cncc(COC3CCCC3)c2)C2(C)CN(C)C2)cc1. The fourth-order valence-corrected chi connectivity index (χ4v) is 5.38. The van der Waals surface area contributed by atoms with Crippen molar-refractivity contribution < 1.29 is 9.84 Å². The predicted octanol–water partition coefficient (Wildman–Crippen LogP) is 4.85. The fraction of sp³-hybridized carbons (Fsp3) is 0.577. The first kappa shape index (κ1) is 21.5. The summed E-state index contributed by atoms with van der Waals surface area (Å²) in [6.07, 6.45) is 8.92. The minimum atomic E-state index is -1.09. The number of likely N-dealkylation sites (tertiary alicyclic amines) is 1. The highest BCUT2D eigenvalue weighted by molar-refractivity contribution is 5.41. The molecule has 2 aliphatic rings. The van der Waals surface area contributed by atoms with E-state index in [1.807, 2.05) is 12.4 Å². The second kappa shape index (κ2) is 8.41. The Balaban J connectivity index is 1.67. The molecule has 0 bridgehead atoms. The molecular weight excluding hydrogens is 372 g/mol. The zero-order valence-electron chi connectivity index (χ0n) is 18.9. The molecule has 1 N–H and O–H groups in total. The number of benzene rings is 1. The monoisotopic (exact) mass is 408 g/mol. The van der Waals surface area contributed by atoms with Gasteiger partial charge in [0.05, 0.1) is 12.7 Å². The lowest BCUT2D eigenvalue weighted by molar-refractivity contribution is -0.127. The molecule has 2 heterocycles. The van der Waals surface area contributed by atoms with Gasteiger partial charge < -0.3 is 14.7 Å². The second-order valence-corrected chi connectivity index (χ2v) is 10.0. The molecule has 1 aliphatic heterocycles. The number of rotatable bonds is 7. The molecule has 2 fully saturated rings. The molecule has 1 saturated heterocycles. The van der Waals surface area contributed by atoms with E-state index in [9.17, 15) is 5.11 Å². The van der Waals surface area contributed by atoms with Gasteiger partial charge in [0.25, 0.3) is 0 Å². The van der Waals surface area contributed by atoms with Crippen LogP contribution in [0.4, 0.5) is 0 Å². The molecule has 4 heteroatoms. The first-order valence-electron chi connectivity index (χ1n) is 11.4. The molecule has 162 valence electrons. The van der Waals surface area contributed by atoms with Crippen molar-refractivity contribution in [3.8, 4) is 0 Å². The quantitative estimate of drug-likeness (QED) is 0.711. The summed E-state index contributed by atoms with van der Waals surface area (Å²) in [6, 6.07) is 10.6. The van der Waals surface area contributed by atoms with Crippen LogP contribution in [0.2, 0.25) is 0 Å². The minimum absolute atomic E-state index is 0.270. The summed E-state index contributed by atoms with van der Waals surface area (Å²) in [7, 11) is 2.11. The van der Waals surface area contributed by atoms with Gasteiger partial charge in [0.15, 0.2) is 0 Å². The summed E-state index contributed by atoms with van der Waals surface area (Å²) in [5.41, 5.74) is 2.77. The highest BCUT2D eigenvalue weighted by Gasteiger charge is 2.55. The summed E-state index contributed by atoms with van der Waals surface area (Å²) in [5.74, 6) is 0.468. The number of aliphatic hydroxyl groups is 1. The van der Waals surface area contributed by atoms with E-state index in [1.165, 1.54) is 18.4 Å². The van der Waals surface area contributed by atoms with E-state index in [4.69, 9.17) is 4.74 Å². The number of pyridine rings is 1. The van der Waals surface area contributed by atoms with E-state index >= 15 is 0 Å². The smallest absolute Gasteiger partial charge is 0.124 e. The maximum Gasteiger partial charge on any atom is 0.124 e. The zero-order valence-corrected chi connectivity index (χ0v) is 18.9. The van der Waals surface area contributed by atoms with Crippen LogP contribution in [0.25, 0.3) is 0 Å². The molecule has 4 rings (SSSR count). The zero-order chi connectivity index (χ0) is 21.4. The summed E-state index contributed by atoms with van der Waals surface area (Å²) in [6.45, 7) is 8.83. The van der Waals surface area contributed by atoms with Crippen LogP contribution in [-0.4, -0.2) is 41.2 Å². The molecule has 1 atom stereocenters. The Hall–Kier alpha value is -1.75. The van der Waals surface area contributed by atoms with Crippen LogP contribution in [-0.2, 0) is 16.9 Å². The van der Waals surface area contributed by atoms with Crippen molar-refractivity contribution in [2.45, 2.75) is 70.7 Å². The Morgan fingerprint density at radius 3 is 2.40 bits per heavy atom.